The third kappa shape index (κ3) is 5.87. The number of amides is 3. The number of hydrogen-bond acceptors (Lipinski definition) is 6. The Morgan fingerprint density at radius 2 is 1.97 bits per heavy atom. The number of nitro groups is 1. The average Bonchev–Trinajstić information content (AvgIpc) is 2.71. The molecule has 0 spiro atoms. The van der Waals surface area contributed by atoms with Crippen LogP contribution in [0.5, 0.6) is 0 Å². The van der Waals surface area contributed by atoms with E-state index >= 15 is 0 Å². The summed E-state index contributed by atoms with van der Waals surface area (Å²) in [5.74, 6) is -0.814. The zero-order valence-electron chi connectivity index (χ0n) is 18.4. The first kappa shape index (κ1) is 25.8. The number of halogens is 1. The second kappa shape index (κ2) is 10.5. The van der Waals surface area contributed by atoms with Crippen LogP contribution in [-0.2, 0) is 14.8 Å². The minimum absolute atomic E-state index is 0.190. The standard InChI is InChI=1S/C19H28ClN5O6S/c1-5-21-19(27)24-9-8-23(11-13(24)4)18(26)17(12(2)3)22-32(30,31)14-6-7-15(20)16(10-14)25(28)29/h6-7,10,12-13,17,22H,5,8-9,11H2,1-4H3,(H,21,27). The van der Waals surface area contributed by atoms with Crippen LogP contribution in [0, 0.1) is 16.0 Å². The van der Waals surface area contributed by atoms with Crippen LogP contribution in [0.2, 0.25) is 5.02 Å². The van der Waals surface area contributed by atoms with Crippen molar-refractivity contribution in [3.63, 3.8) is 0 Å². The number of urea groups is 1. The Bertz CT molecular complexity index is 986. The van der Waals surface area contributed by atoms with Gasteiger partial charge in [0.05, 0.1) is 9.82 Å². The van der Waals surface area contributed by atoms with Gasteiger partial charge >= 0.3 is 6.03 Å². The lowest BCUT2D eigenvalue weighted by molar-refractivity contribution is -0.384. The molecule has 3 amide bonds. The van der Waals surface area contributed by atoms with Gasteiger partial charge in [0, 0.05) is 38.3 Å². The molecule has 32 heavy (non-hydrogen) atoms. The minimum Gasteiger partial charge on any atom is -0.338 e. The van der Waals surface area contributed by atoms with Crippen LogP contribution < -0.4 is 10.0 Å². The summed E-state index contributed by atoms with van der Waals surface area (Å²) in [6, 6.07) is 1.59. The van der Waals surface area contributed by atoms with Crippen LogP contribution in [0.25, 0.3) is 0 Å². The van der Waals surface area contributed by atoms with Crippen LogP contribution in [0.1, 0.15) is 27.7 Å². The van der Waals surface area contributed by atoms with Gasteiger partial charge in [-0.1, -0.05) is 25.4 Å². The van der Waals surface area contributed by atoms with Gasteiger partial charge in [-0.2, -0.15) is 4.72 Å². The molecule has 178 valence electrons. The van der Waals surface area contributed by atoms with Gasteiger partial charge in [-0.25, -0.2) is 13.2 Å². The van der Waals surface area contributed by atoms with Gasteiger partial charge in [-0.15, -0.1) is 0 Å². The van der Waals surface area contributed by atoms with Crippen molar-refractivity contribution < 1.29 is 22.9 Å². The number of carbonyl (C=O) groups excluding carboxylic acids is 2. The molecular weight excluding hydrogens is 462 g/mol. The van der Waals surface area contributed by atoms with Crippen molar-refractivity contribution in [2.45, 2.75) is 44.7 Å². The van der Waals surface area contributed by atoms with Crippen molar-refractivity contribution in [3.05, 3.63) is 33.3 Å². The number of hydrogen-bond donors (Lipinski definition) is 2. The van der Waals surface area contributed by atoms with E-state index in [1.165, 1.54) is 4.90 Å². The molecule has 0 bridgehead atoms. The number of benzene rings is 1. The zero-order chi connectivity index (χ0) is 24.2. The highest BCUT2D eigenvalue weighted by Crippen LogP contribution is 2.27. The predicted molar refractivity (Wildman–Crippen MR) is 119 cm³/mol. The molecule has 1 aliphatic heterocycles. The first-order valence-corrected chi connectivity index (χ1v) is 12.0. The molecule has 2 unspecified atom stereocenters. The molecule has 1 aromatic carbocycles. The molecule has 0 radical (unpaired) electrons. The number of nitrogens with one attached hydrogen (secondary N) is 2. The number of carbonyl (C=O) groups is 2. The smallest absolute Gasteiger partial charge is 0.317 e. The monoisotopic (exact) mass is 489 g/mol. The normalized spacial score (nSPS) is 17.9. The minimum atomic E-state index is -4.24. The van der Waals surface area contributed by atoms with Gasteiger partial charge in [0.2, 0.25) is 15.9 Å². The van der Waals surface area contributed by atoms with E-state index in [2.05, 4.69) is 10.0 Å². The fourth-order valence-electron chi connectivity index (χ4n) is 3.42. The van der Waals surface area contributed by atoms with E-state index in [0.29, 0.717) is 13.1 Å². The maximum absolute atomic E-state index is 13.2. The molecule has 2 N–H and O–H groups in total. The van der Waals surface area contributed by atoms with Crippen LogP contribution in [0.4, 0.5) is 10.5 Å². The van der Waals surface area contributed by atoms with Crippen molar-refractivity contribution in [1.29, 1.82) is 0 Å². The van der Waals surface area contributed by atoms with Crippen LogP contribution in [0.15, 0.2) is 23.1 Å². The summed E-state index contributed by atoms with van der Waals surface area (Å²) in [5, 5.41) is 13.6. The Morgan fingerprint density at radius 1 is 1.31 bits per heavy atom. The topological polar surface area (TPSA) is 142 Å². The Kier molecular flexibility index (Phi) is 8.43. The largest absolute Gasteiger partial charge is 0.338 e. The summed E-state index contributed by atoms with van der Waals surface area (Å²) in [6.45, 7) is 8.36. The summed E-state index contributed by atoms with van der Waals surface area (Å²) in [5.41, 5.74) is -0.544. The number of nitro benzene ring substituents is 1. The fourth-order valence-corrected chi connectivity index (χ4v) is 4.96. The van der Waals surface area contributed by atoms with E-state index in [9.17, 15) is 28.1 Å². The quantitative estimate of drug-likeness (QED) is 0.442. The van der Waals surface area contributed by atoms with Crippen molar-refractivity contribution in [2.24, 2.45) is 5.92 Å². The SMILES string of the molecule is CCNC(=O)N1CCN(C(=O)C(NS(=O)(=O)c2ccc(Cl)c([N+](=O)[O-])c2)C(C)C)CC1C. The number of piperazine rings is 1. The first-order valence-electron chi connectivity index (χ1n) is 10.2. The number of sulfonamides is 1. The van der Waals surface area contributed by atoms with Gasteiger partial charge < -0.3 is 15.1 Å². The molecule has 11 nitrogen and oxygen atoms in total. The Labute approximate surface area is 192 Å². The van der Waals surface area contributed by atoms with E-state index in [1.807, 2.05) is 13.8 Å². The summed E-state index contributed by atoms with van der Waals surface area (Å²) < 4.78 is 28.2. The molecule has 0 aromatic heterocycles. The average molecular weight is 490 g/mol. The Balaban J connectivity index is 2.20. The first-order chi connectivity index (χ1) is 14.9. The van der Waals surface area contributed by atoms with E-state index in [0.717, 1.165) is 18.2 Å². The highest BCUT2D eigenvalue weighted by Gasteiger charge is 2.36. The van der Waals surface area contributed by atoms with Crippen molar-refractivity contribution >= 4 is 39.2 Å². The molecule has 1 saturated heterocycles. The molecule has 13 heteroatoms. The van der Waals surface area contributed by atoms with Crippen molar-refractivity contribution in [3.8, 4) is 0 Å². The lowest BCUT2D eigenvalue weighted by atomic mass is 10.0. The second-order valence-corrected chi connectivity index (χ2v) is 10.00. The summed E-state index contributed by atoms with van der Waals surface area (Å²) in [7, 11) is -4.24. The second-order valence-electron chi connectivity index (χ2n) is 7.88. The van der Waals surface area contributed by atoms with Gasteiger partial charge in [0.1, 0.15) is 11.1 Å². The Morgan fingerprint density at radius 3 is 2.50 bits per heavy atom. The highest BCUT2D eigenvalue weighted by molar-refractivity contribution is 7.89. The molecule has 0 saturated carbocycles. The summed E-state index contributed by atoms with van der Waals surface area (Å²) in [6.07, 6.45) is 0. The van der Waals surface area contributed by atoms with Gasteiger partial charge in [-0.05, 0) is 31.9 Å². The lowest BCUT2D eigenvalue weighted by Crippen LogP contribution is -2.61. The molecular formula is C19H28ClN5O6S. The molecule has 1 fully saturated rings. The number of rotatable bonds is 7. The Hall–Kier alpha value is -2.44. The van der Waals surface area contributed by atoms with Crippen molar-refractivity contribution in [1.82, 2.24) is 19.8 Å². The predicted octanol–water partition coefficient (Wildman–Crippen LogP) is 1.81. The molecule has 1 aromatic rings. The van der Waals surface area contributed by atoms with E-state index in [1.54, 1.807) is 18.7 Å². The lowest BCUT2D eigenvalue weighted by Gasteiger charge is -2.41. The molecule has 1 aliphatic rings. The van der Waals surface area contributed by atoms with Gasteiger partial charge in [-0.3, -0.25) is 14.9 Å². The van der Waals surface area contributed by atoms with E-state index in [4.69, 9.17) is 11.6 Å². The maximum Gasteiger partial charge on any atom is 0.317 e. The molecule has 2 rings (SSSR count). The maximum atomic E-state index is 13.2. The zero-order valence-corrected chi connectivity index (χ0v) is 19.9. The van der Waals surface area contributed by atoms with Crippen LogP contribution in [-0.4, -0.2) is 73.3 Å². The summed E-state index contributed by atoms with van der Waals surface area (Å²) in [4.78, 5) is 38.4. The molecule has 2 atom stereocenters. The van der Waals surface area contributed by atoms with E-state index < -0.39 is 38.5 Å². The van der Waals surface area contributed by atoms with Crippen LogP contribution in [0.3, 0.4) is 0 Å². The third-order valence-corrected chi connectivity index (χ3v) is 6.93. The summed E-state index contributed by atoms with van der Waals surface area (Å²) >= 11 is 5.77. The van der Waals surface area contributed by atoms with Crippen molar-refractivity contribution in [2.75, 3.05) is 26.2 Å². The third-order valence-electron chi connectivity index (χ3n) is 5.17. The molecule has 1 heterocycles. The van der Waals surface area contributed by atoms with Gasteiger partial charge in [0.25, 0.3) is 5.69 Å². The van der Waals surface area contributed by atoms with Gasteiger partial charge in [0.15, 0.2) is 0 Å². The molecule has 0 aliphatic carbocycles. The van der Waals surface area contributed by atoms with Crippen LogP contribution >= 0.6 is 11.6 Å². The highest BCUT2D eigenvalue weighted by atomic mass is 35.5. The fraction of sp³-hybridized carbons (Fsp3) is 0.579. The number of nitrogens with zero attached hydrogens (tertiary/aromatic N) is 3. The van der Waals surface area contributed by atoms with E-state index in [-0.39, 0.29) is 35.1 Å².